The average Bonchev–Trinajstić information content (AvgIpc) is 3.24. The molecule has 0 bridgehead atoms. The van der Waals surface area contributed by atoms with Crippen LogP contribution in [0.3, 0.4) is 0 Å². The van der Waals surface area contributed by atoms with Crippen molar-refractivity contribution in [1.29, 1.82) is 0 Å². The second-order valence-electron chi connectivity index (χ2n) is 10.3. The van der Waals surface area contributed by atoms with Gasteiger partial charge in [0.15, 0.2) is 0 Å². The van der Waals surface area contributed by atoms with Crippen LogP contribution in [0.5, 0.6) is 5.75 Å². The first-order valence-electron chi connectivity index (χ1n) is 13.1. The van der Waals surface area contributed by atoms with Gasteiger partial charge in [0.25, 0.3) is 0 Å². The Labute approximate surface area is 285 Å². The van der Waals surface area contributed by atoms with Gasteiger partial charge >= 0.3 is 75.0 Å². The summed E-state index contributed by atoms with van der Waals surface area (Å²) in [5.41, 5.74) is 3.19. The molecule has 1 aliphatic heterocycles. The Hall–Kier alpha value is -1.94. The van der Waals surface area contributed by atoms with Gasteiger partial charge < -0.3 is 26.8 Å². The zero-order valence-electron chi connectivity index (χ0n) is 23.4. The van der Waals surface area contributed by atoms with Crippen LogP contribution in [0.15, 0.2) is 54.6 Å². The predicted molar refractivity (Wildman–Crippen MR) is 147 cm³/mol. The number of halogens is 4. The first-order valence-corrected chi connectivity index (χ1v) is 14.4. The van der Waals surface area contributed by atoms with Crippen molar-refractivity contribution in [3.8, 4) is 16.9 Å². The number of piperazine rings is 1. The Morgan fingerprint density at radius 2 is 1.48 bits per heavy atom. The molecule has 2 aliphatic rings. The van der Waals surface area contributed by atoms with Crippen molar-refractivity contribution in [2.45, 2.75) is 26.3 Å². The summed E-state index contributed by atoms with van der Waals surface area (Å²) in [6.07, 6.45) is -0.469. The summed E-state index contributed by atoms with van der Waals surface area (Å²) in [6.45, 7) is -1.57. The maximum absolute atomic E-state index is 13.7. The molecular weight excluding hydrogens is 602 g/mol. The third kappa shape index (κ3) is 7.06. The molecule has 1 aliphatic carbocycles. The SMILES string of the molecule is Cc1c(CN2CCN(C(=O)OCC3c4ccccc4-c4ccccc43)CC2)cc([B-](F)(F)F)c(C)c1OS(=O)(=O)F.[K+]. The molecule has 7 nitrogen and oxygen atoms in total. The van der Waals surface area contributed by atoms with Crippen molar-refractivity contribution < 1.29 is 90.3 Å². The summed E-state index contributed by atoms with van der Waals surface area (Å²) in [5, 5.41) is 0. The Bertz CT molecular complexity index is 1550. The van der Waals surface area contributed by atoms with E-state index in [1.807, 2.05) is 41.3 Å². The number of ether oxygens (including phenoxy) is 1. The van der Waals surface area contributed by atoms with E-state index < -0.39 is 40.4 Å². The summed E-state index contributed by atoms with van der Waals surface area (Å²) in [5.74, 6) is -0.734. The van der Waals surface area contributed by atoms with Crippen LogP contribution in [0, 0.1) is 13.8 Å². The van der Waals surface area contributed by atoms with Gasteiger partial charge in [-0.25, -0.2) is 4.79 Å². The van der Waals surface area contributed by atoms with Gasteiger partial charge in [0.05, 0.1) is 0 Å². The smallest absolute Gasteiger partial charge is 0.448 e. The van der Waals surface area contributed by atoms with Crippen LogP contribution in [-0.2, 0) is 21.8 Å². The molecule has 1 fully saturated rings. The topological polar surface area (TPSA) is 76.2 Å². The number of fused-ring (bicyclic) bond motifs is 3. The number of carbonyl (C=O) groups excluding carboxylic acids is 1. The number of carbonyl (C=O) groups is 1. The van der Waals surface area contributed by atoms with Crippen LogP contribution >= 0.6 is 0 Å². The van der Waals surface area contributed by atoms with E-state index in [2.05, 4.69) is 16.3 Å². The van der Waals surface area contributed by atoms with E-state index in [0.717, 1.165) is 35.2 Å². The van der Waals surface area contributed by atoms with E-state index in [1.165, 1.54) is 6.92 Å². The summed E-state index contributed by atoms with van der Waals surface area (Å²) in [7, 11) is -5.53. The van der Waals surface area contributed by atoms with Gasteiger partial charge in [0.1, 0.15) is 12.4 Å². The standard InChI is InChI=1S/C28H28BF4N2O5S.K/c1-18-20(15-26(29(30,31)32)19(2)27(18)40-41(33,37)38)16-34-11-13-35(14-12-34)28(36)39-17-25-23-9-5-3-7-21(23)22-8-4-6-10-24(22)25;/h3-10,15,25H,11-14,16-17H2,1-2H3;/q-1;+1. The Kier molecular flexibility index (Phi) is 10.2. The van der Waals surface area contributed by atoms with E-state index in [9.17, 15) is 30.0 Å². The van der Waals surface area contributed by atoms with Crippen LogP contribution in [0.4, 0.5) is 21.6 Å². The molecule has 0 N–H and O–H groups in total. The molecule has 3 aromatic rings. The Morgan fingerprint density at radius 3 is 2.00 bits per heavy atom. The maximum atomic E-state index is 13.7. The van der Waals surface area contributed by atoms with E-state index in [-0.39, 0.29) is 81.6 Å². The van der Waals surface area contributed by atoms with E-state index >= 15 is 0 Å². The molecule has 1 saturated heterocycles. The van der Waals surface area contributed by atoms with Crippen LogP contribution in [0.1, 0.15) is 33.7 Å². The zero-order valence-corrected chi connectivity index (χ0v) is 27.4. The molecule has 5 rings (SSSR count). The second-order valence-corrected chi connectivity index (χ2v) is 11.3. The Morgan fingerprint density at radius 1 is 0.929 bits per heavy atom. The monoisotopic (exact) mass is 630 g/mol. The Balaban J connectivity index is 0.00000405. The predicted octanol–water partition coefficient (Wildman–Crippen LogP) is 2.02. The summed E-state index contributed by atoms with van der Waals surface area (Å²) in [6, 6.07) is 17.0. The van der Waals surface area contributed by atoms with Crippen molar-refractivity contribution in [2.75, 3.05) is 32.8 Å². The number of nitrogens with zero attached hydrogens (tertiary/aromatic N) is 2. The summed E-state index contributed by atoms with van der Waals surface area (Å²) in [4.78, 5) is 16.3. The number of hydrogen-bond acceptors (Lipinski definition) is 6. The molecule has 14 heteroatoms. The van der Waals surface area contributed by atoms with Crippen molar-refractivity contribution in [1.82, 2.24) is 9.80 Å². The third-order valence-corrected chi connectivity index (χ3v) is 8.19. The molecule has 3 aromatic carbocycles. The average molecular weight is 631 g/mol. The summed E-state index contributed by atoms with van der Waals surface area (Å²) < 4.78 is 86.7. The maximum Gasteiger partial charge on any atom is 1.00 e. The molecule has 0 saturated carbocycles. The van der Waals surface area contributed by atoms with Crippen molar-refractivity contribution in [3.63, 3.8) is 0 Å². The first-order chi connectivity index (χ1) is 19.3. The zero-order chi connectivity index (χ0) is 29.5. The van der Waals surface area contributed by atoms with Gasteiger partial charge in [0, 0.05) is 38.6 Å². The molecule has 0 unspecified atom stereocenters. The van der Waals surface area contributed by atoms with Crippen LogP contribution in [-0.4, -0.2) is 64.1 Å². The van der Waals surface area contributed by atoms with Gasteiger partial charge in [-0.3, -0.25) is 4.90 Å². The number of rotatable bonds is 7. The molecule has 1 amide bonds. The minimum Gasteiger partial charge on any atom is -0.448 e. The molecule has 0 aromatic heterocycles. The van der Waals surface area contributed by atoms with E-state index in [4.69, 9.17) is 4.74 Å². The van der Waals surface area contributed by atoms with Crippen molar-refractivity contribution in [2.24, 2.45) is 0 Å². The molecule has 0 radical (unpaired) electrons. The fourth-order valence-electron chi connectivity index (χ4n) is 5.71. The van der Waals surface area contributed by atoms with Crippen molar-refractivity contribution in [3.05, 3.63) is 82.4 Å². The normalized spacial score (nSPS) is 15.5. The molecule has 218 valence electrons. The first kappa shape index (κ1) is 33.0. The van der Waals surface area contributed by atoms with Crippen LogP contribution in [0.2, 0.25) is 0 Å². The van der Waals surface area contributed by atoms with Gasteiger partial charge in [-0.15, -0.1) is 5.46 Å². The quantitative estimate of drug-likeness (QED) is 0.226. The molecule has 0 spiro atoms. The minimum absolute atomic E-state index is 0. The fourth-order valence-corrected chi connectivity index (χ4v) is 6.15. The molecule has 0 atom stereocenters. The second kappa shape index (κ2) is 13.0. The fraction of sp³-hybridized carbons (Fsp3) is 0.321. The number of hydrogen-bond donors (Lipinski definition) is 0. The van der Waals surface area contributed by atoms with Crippen LogP contribution < -0.4 is 61.0 Å². The van der Waals surface area contributed by atoms with Crippen LogP contribution in [0.25, 0.3) is 11.1 Å². The molecular formula is C28H28BF4KN2O5S. The number of amides is 1. The van der Waals surface area contributed by atoms with Crippen molar-refractivity contribution >= 4 is 29.0 Å². The van der Waals surface area contributed by atoms with E-state index in [1.54, 1.807) is 4.90 Å². The van der Waals surface area contributed by atoms with E-state index in [0.29, 0.717) is 26.2 Å². The van der Waals surface area contributed by atoms with Gasteiger partial charge in [-0.1, -0.05) is 58.5 Å². The van der Waals surface area contributed by atoms with Gasteiger partial charge in [-0.05, 0) is 52.8 Å². The summed E-state index contributed by atoms with van der Waals surface area (Å²) >= 11 is 0. The number of benzene rings is 3. The molecule has 1 heterocycles. The molecule has 42 heavy (non-hydrogen) atoms. The minimum atomic E-state index is -5.53. The van der Waals surface area contributed by atoms with Gasteiger partial charge in [-0.2, -0.15) is 8.42 Å². The third-order valence-electron chi connectivity index (χ3n) is 7.82. The largest absolute Gasteiger partial charge is 1.00 e. The van der Waals surface area contributed by atoms with Gasteiger partial charge in [0.2, 0.25) is 0 Å².